The topological polar surface area (TPSA) is 79.9 Å². The van der Waals surface area contributed by atoms with Gasteiger partial charge in [-0.05, 0) is 0 Å². The number of morpholine rings is 1. The van der Waals surface area contributed by atoms with Crippen LogP contribution in [-0.2, 0) is 9.53 Å². The standard InChI is InChI=1S/C10H18N4O2.HI/c1-2-3-12-10(11)13-8-9(15)14-4-6-16-7-5-14;/h2H,1,3-8H2,(H3,11,12,13);1H. The third-order valence-corrected chi connectivity index (χ3v) is 2.18. The summed E-state index contributed by atoms with van der Waals surface area (Å²) in [6.45, 7) is 6.62. The van der Waals surface area contributed by atoms with Crippen LogP contribution >= 0.6 is 24.0 Å². The third kappa shape index (κ3) is 6.47. The van der Waals surface area contributed by atoms with Gasteiger partial charge in [-0.3, -0.25) is 4.79 Å². The molecule has 0 aliphatic carbocycles. The van der Waals surface area contributed by atoms with E-state index in [4.69, 9.17) is 10.5 Å². The Balaban J connectivity index is 0.00000256. The van der Waals surface area contributed by atoms with Gasteiger partial charge in [-0.1, -0.05) is 6.08 Å². The molecular formula is C10H19IN4O2. The molecule has 1 rings (SSSR count). The lowest BCUT2D eigenvalue weighted by Gasteiger charge is -2.26. The summed E-state index contributed by atoms with van der Waals surface area (Å²) in [6.07, 6.45) is 1.67. The highest BCUT2D eigenvalue weighted by Gasteiger charge is 2.15. The molecule has 0 aromatic carbocycles. The van der Waals surface area contributed by atoms with E-state index in [-0.39, 0.29) is 42.4 Å². The summed E-state index contributed by atoms with van der Waals surface area (Å²) in [4.78, 5) is 17.3. The molecule has 1 amide bonds. The van der Waals surface area contributed by atoms with Crippen LogP contribution in [0.2, 0.25) is 0 Å². The molecule has 0 atom stereocenters. The molecule has 1 heterocycles. The molecule has 0 saturated carbocycles. The van der Waals surface area contributed by atoms with Crippen LogP contribution in [0.15, 0.2) is 17.6 Å². The van der Waals surface area contributed by atoms with E-state index >= 15 is 0 Å². The molecule has 0 aromatic rings. The number of guanidine groups is 1. The molecule has 0 aromatic heterocycles. The predicted octanol–water partition coefficient (Wildman–Crippen LogP) is -0.446. The quantitative estimate of drug-likeness (QED) is 0.310. The van der Waals surface area contributed by atoms with E-state index in [1.807, 2.05) is 0 Å². The van der Waals surface area contributed by atoms with Crippen LogP contribution in [0.25, 0.3) is 0 Å². The van der Waals surface area contributed by atoms with Crippen LogP contribution < -0.4 is 11.1 Å². The maximum Gasteiger partial charge on any atom is 0.244 e. The van der Waals surface area contributed by atoms with Crippen LogP contribution in [-0.4, -0.2) is 56.2 Å². The second-order valence-electron chi connectivity index (χ2n) is 3.36. The zero-order chi connectivity index (χ0) is 11.8. The Morgan fingerprint density at radius 1 is 1.53 bits per heavy atom. The normalized spacial score (nSPS) is 16.0. The van der Waals surface area contributed by atoms with Crippen molar-refractivity contribution >= 4 is 35.8 Å². The molecule has 1 aliphatic heterocycles. The van der Waals surface area contributed by atoms with Gasteiger partial charge in [0.25, 0.3) is 0 Å². The number of carbonyl (C=O) groups is 1. The fourth-order valence-corrected chi connectivity index (χ4v) is 1.30. The van der Waals surface area contributed by atoms with Crippen molar-refractivity contribution < 1.29 is 9.53 Å². The van der Waals surface area contributed by atoms with Gasteiger partial charge < -0.3 is 20.7 Å². The van der Waals surface area contributed by atoms with Crippen molar-refractivity contribution in [1.29, 1.82) is 0 Å². The van der Waals surface area contributed by atoms with Crippen LogP contribution in [0, 0.1) is 0 Å². The molecule has 1 aliphatic rings. The lowest BCUT2D eigenvalue weighted by Crippen LogP contribution is -2.42. The average molecular weight is 354 g/mol. The molecule has 1 fully saturated rings. The number of ether oxygens (including phenoxy) is 1. The summed E-state index contributed by atoms with van der Waals surface area (Å²) in [5.41, 5.74) is 5.53. The van der Waals surface area contributed by atoms with E-state index in [0.717, 1.165) is 0 Å². The van der Waals surface area contributed by atoms with Gasteiger partial charge >= 0.3 is 0 Å². The predicted molar refractivity (Wildman–Crippen MR) is 77.5 cm³/mol. The van der Waals surface area contributed by atoms with Crippen LogP contribution in [0.5, 0.6) is 0 Å². The molecule has 98 valence electrons. The second-order valence-corrected chi connectivity index (χ2v) is 3.36. The number of hydrogen-bond acceptors (Lipinski definition) is 3. The van der Waals surface area contributed by atoms with Gasteiger partial charge in [0.05, 0.1) is 13.2 Å². The first-order chi connectivity index (χ1) is 7.74. The molecule has 7 heteroatoms. The Labute approximate surface area is 118 Å². The molecule has 17 heavy (non-hydrogen) atoms. The van der Waals surface area contributed by atoms with E-state index in [1.54, 1.807) is 11.0 Å². The summed E-state index contributed by atoms with van der Waals surface area (Å²) < 4.78 is 5.15. The molecule has 0 radical (unpaired) electrons. The molecule has 3 N–H and O–H groups in total. The first-order valence-corrected chi connectivity index (χ1v) is 5.24. The number of halogens is 1. The third-order valence-electron chi connectivity index (χ3n) is 2.18. The Morgan fingerprint density at radius 3 is 2.76 bits per heavy atom. The first kappa shape index (κ1) is 16.2. The van der Waals surface area contributed by atoms with Crippen molar-refractivity contribution in [2.24, 2.45) is 10.7 Å². The number of nitrogens with one attached hydrogen (secondary N) is 1. The Kier molecular flexibility index (Phi) is 8.78. The highest BCUT2D eigenvalue weighted by molar-refractivity contribution is 14.0. The van der Waals surface area contributed by atoms with Gasteiger partial charge in [0.15, 0.2) is 5.96 Å². The largest absolute Gasteiger partial charge is 0.378 e. The van der Waals surface area contributed by atoms with Crippen LogP contribution in [0.4, 0.5) is 0 Å². The summed E-state index contributed by atoms with van der Waals surface area (Å²) in [5.74, 6) is 0.244. The lowest BCUT2D eigenvalue weighted by atomic mass is 10.4. The van der Waals surface area contributed by atoms with Gasteiger partial charge in [-0.15, -0.1) is 30.6 Å². The number of hydrogen-bond donors (Lipinski definition) is 2. The van der Waals surface area contributed by atoms with Gasteiger partial charge in [0.1, 0.15) is 6.54 Å². The molecule has 6 nitrogen and oxygen atoms in total. The van der Waals surface area contributed by atoms with Crippen molar-refractivity contribution in [3.63, 3.8) is 0 Å². The summed E-state index contributed by atoms with van der Waals surface area (Å²) in [7, 11) is 0. The van der Waals surface area contributed by atoms with Crippen molar-refractivity contribution in [3.05, 3.63) is 12.7 Å². The van der Waals surface area contributed by atoms with Gasteiger partial charge in [-0.25, -0.2) is 4.99 Å². The monoisotopic (exact) mass is 354 g/mol. The maximum atomic E-state index is 11.6. The number of aliphatic imine (C=N–C) groups is 1. The fraction of sp³-hybridized carbons (Fsp3) is 0.600. The highest BCUT2D eigenvalue weighted by Crippen LogP contribution is 1.97. The summed E-state index contributed by atoms with van der Waals surface area (Å²) in [6, 6.07) is 0. The number of nitrogens with zero attached hydrogens (tertiary/aromatic N) is 2. The highest BCUT2D eigenvalue weighted by atomic mass is 127. The zero-order valence-corrected chi connectivity index (χ0v) is 12.1. The van der Waals surface area contributed by atoms with E-state index in [1.165, 1.54) is 0 Å². The summed E-state index contributed by atoms with van der Waals surface area (Å²) in [5, 5.41) is 2.80. The Morgan fingerprint density at radius 2 is 2.18 bits per heavy atom. The lowest BCUT2D eigenvalue weighted by molar-refractivity contribution is -0.133. The fourth-order valence-electron chi connectivity index (χ4n) is 1.30. The van der Waals surface area contributed by atoms with E-state index < -0.39 is 0 Å². The Hall–Kier alpha value is -0.830. The first-order valence-electron chi connectivity index (χ1n) is 5.24. The minimum absolute atomic E-state index is 0. The minimum atomic E-state index is -0.0216. The SMILES string of the molecule is C=CCNC(N)=NCC(=O)N1CCOCC1.I. The number of rotatable bonds is 4. The maximum absolute atomic E-state index is 11.6. The average Bonchev–Trinajstić information content (AvgIpc) is 2.34. The molecule has 1 saturated heterocycles. The number of amides is 1. The Bertz CT molecular complexity index is 277. The van der Waals surface area contributed by atoms with E-state index in [2.05, 4.69) is 16.9 Å². The van der Waals surface area contributed by atoms with Crippen LogP contribution in [0.1, 0.15) is 0 Å². The van der Waals surface area contributed by atoms with E-state index in [0.29, 0.717) is 32.8 Å². The minimum Gasteiger partial charge on any atom is -0.378 e. The van der Waals surface area contributed by atoms with Crippen molar-refractivity contribution in [1.82, 2.24) is 10.2 Å². The number of carbonyl (C=O) groups excluding carboxylic acids is 1. The van der Waals surface area contributed by atoms with Gasteiger partial charge in [-0.2, -0.15) is 0 Å². The molecule has 0 bridgehead atoms. The van der Waals surface area contributed by atoms with Gasteiger partial charge in [0, 0.05) is 19.6 Å². The molecule has 0 spiro atoms. The molecular weight excluding hydrogens is 335 g/mol. The molecule has 0 unspecified atom stereocenters. The summed E-state index contributed by atoms with van der Waals surface area (Å²) >= 11 is 0. The van der Waals surface area contributed by atoms with Crippen molar-refractivity contribution in [2.75, 3.05) is 39.4 Å². The van der Waals surface area contributed by atoms with Gasteiger partial charge in [0.2, 0.25) is 5.91 Å². The zero-order valence-electron chi connectivity index (χ0n) is 9.72. The van der Waals surface area contributed by atoms with E-state index in [9.17, 15) is 4.79 Å². The van der Waals surface area contributed by atoms with Crippen molar-refractivity contribution in [2.45, 2.75) is 0 Å². The smallest absolute Gasteiger partial charge is 0.244 e. The van der Waals surface area contributed by atoms with Crippen LogP contribution in [0.3, 0.4) is 0 Å². The number of nitrogens with two attached hydrogens (primary N) is 1. The second kappa shape index (κ2) is 9.23. The van der Waals surface area contributed by atoms with Crippen molar-refractivity contribution in [3.8, 4) is 0 Å².